The van der Waals surface area contributed by atoms with Crippen molar-refractivity contribution in [3.63, 3.8) is 0 Å². The Hall–Kier alpha value is -4.14. The first kappa shape index (κ1) is 21.2. The average molecular weight is 478 g/mol. The zero-order valence-electron chi connectivity index (χ0n) is 20.0. The van der Waals surface area contributed by atoms with Gasteiger partial charge in [-0.05, 0) is 67.9 Å². The van der Waals surface area contributed by atoms with Crippen molar-refractivity contribution in [1.82, 2.24) is 34.5 Å². The summed E-state index contributed by atoms with van der Waals surface area (Å²) >= 11 is 0. The van der Waals surface area contributed by atoms with Crippen LogP contribution in [0.15, 0.2) is 55.1 Å². The van der Waals surface area contributed by atoms with Gasteiger partial charge in [-0.1, -0.05) is 12.5 Å². The molecule has 1 N–H and O–H groups in total. The number of anilines is 3. The van der Waals surface area contributed by atoms with Crippen LogP contribution in [0, 0.1) is 0 Å². The Morgan fingerprint density at radius 3 is 2.67 bits per heavy atom. The fourth-order valence-corrected chi connectivity index (χ4v) is 5.22. The topological polar surface area (TPSA) is 97.0 Å². The minimum Gasteiger partial charge on any atom is -0.356 e. The number of nitrogens with one attached hydrogen (secondary N) is 1. The van der Waals surface area contributed by atoms with E-state index >= 15 is 0 Å². The Bertz CT molecular complexity index is 1520. The lowest BCUT2D eigenvalue weighted by Gasteiger charge is -2.32. The molecule has 5 aromatic rings. The first-order valence-corrected chi connectivity index (χ1v) is 12.8. The number of fused-ring (bicyclic) bond motifs is 2. The number of nitrogens with zero attached hydrogens (tertiary/aromatic N) is 8. The van der Waals surface area contributed by atoms with Crippen molar-refractivity contribution in [3.8, 4) is 11.4 Å². The van der Waals surface area contributed by atoms with Gasteiger partial charge in [0.15, 0.2) is 11.5 Å². The largest absolute Gasteiger partial charge is 0.356 e. The van der Waals surface area contributed by atoms with Crippen LogP contribution in [0.3, 0.4) is 0 Å². The number of aromatic nitrogens is 7. The maximum absolute atomic E-state index is 5.18. The second kappa shape index (κ2) is 8.82. The molecule has 2 aliphatic rings. The van der Waals surface area contributed by atoms with Gasteiger partial charge in [0.1, 0.15) is 11.6 Å². The lowest BCUT2D eigenvalue weighted by molar-refractivity contribution is 0.421. The molecule has 9 heteroatoms. The summed E-state index contributed by atoms with van der Waals surface area (Å²) in [6.45, 7) is 2.06. The van der Waals surface area contributed by atoms with Gasteiger partial charge in [-0.15, -0.1) is 5.10 Å². The number of hydrogen-bond acceptors (Lipinski definition) is 8. The van der Waals surface area contributed by atoms with Crippen molar-refractivity contribution in [3.05, 3.63) is 60.7 Å². The van der Waals surface area contributed by atoms with Gasteiger partial charge in [-0.3, -0.25) is 4.98 Å². The molecule has 0 atom stereocenters. The van der Waals surface area contributed by atoms with Crippen LogP contribution in [0.1, 0.15) is 50.0 Å². The fraction of sp³-hybridized carbons (Fsp3) is 0.333. The highest BCUT2D eigenvalue weighted by Crippen LogP contribution is 2.42. The molecular formula is C27H27N9. The van der Waals surface area contributed by atoms with E-state index < -0.39 is 0 Å². The molecule has 1 saturated heterocycles. The molecule has 1 aliphatic carbocycles. The van der Waals surface area contributed by atoms with Crippen molar-refractivity contribution in [2.45, 2.75) is 44.4 Å². The highest BCUT2D eigenvalue weighted by Gasteiger charge is 2.26. The van der Waals surface area contributed by atoms with Crippen LogP contribution in [0.4, 0.5) is 17.6 Å². The van der Waals surface area contributed by atoms with Gasteiger partial charge >= 0.3 is 0 Å². The van der Waals surface area contributed by atoms with Crippen molar-refractivity contribution >= 4 is 34.1 Å². The summed E-state index contributed by atoms with van der Waals surface area (Å²) in [5, 5.41) is 8.88. The lowest BCUT2D eigenvalue weighted by Crippen LogP contribution is -2.31. The molecule has 0 aromatic carbocycles. The highest BCUT2D eigenvalue weighted by molar-refractivity contribution is 5.94. The minimum atomic E-state index is 0.494. The van der Waals surface area contributed by atoms with E-state index in [0.717, 1.165) is 35.6 Å². The van der Waals surface area contributed by atoms with E-state index in [0.29, 0.717) is 23.5 Å². The quantitative estimate of drug-likeness (QED) is 0.372. The van der Waals surface area contributed by atoms with E-state index in [1.807, 2.05) is 48.9 Å². The Morgan fingerprint density at radius 2 is 1.83 bits per heavy atom. The van der Waals surface area contributed by atoms with Gasteiger partial charge in [0, 0.05) is 42.6 Å². The first-order chi connectivity index (χ1) is 17.8. The Kier molecular flexibility index (Phi) is 5.18. The zero-order valence-corrected chi connectivity index (χ0v) is 20.0. The molecule has 1 saturated carbocycles. The summed E-state index contributed by atoms with van der Waals surface area (Å²) in [5.41, 5.74) is 3.89. The number of pyridine rings is 3. The Balaban J connectivity index is 1.30. The van der Waals surface area contributed by atoms with Crippen molar-refractivity contribution in [2.24, 2.45) is 0 Å². The summed E-state index contributed by atoms with van der Waals surface area (Å²) < 4.78 is 1.73. The average Bonchev–Trinajstić information content (AvgIpc) is 3.30. The third-order valence-corrected chi connectivity index (χ3v) is 7.32. The van der Waals surface area contributed by atoms with Crippen molar-refractivity contribution in [2.75, 3.05) is 23.3 Å². The zero-order chi connectivity index (χ0) is 23.9. The van der Waals surface area contributed by atoms with Gasteiger partial charge in [-0.25, -0.2) is 19.5 Å². The first-order valence-electron chi connectivity index (χ1n) is 12.8. The SMILES string of the molecule is c1ccn2nc(Nc3cc(-c4nc(N5CCCCC5)c5c(C6CCC6)cncc5n4)ccn3)nc2c1. The Morgan fingerprint density at radius 1 is 0.917 bits per heavy atom. The molecule has 0 bridgehead atoms. The molecule has 1 aliphatic heterocycles. The van der Waals surface area contributed by atoms with Gasteiger partial charge in [0.25, 0.3) is 0 Å². The molecule has 0 amide bonds. The summed E-state index contributed by atoms with van der Waals surface area (Å²) in [7, 11) is 0. The number of hydrogen-bond donors (Lipinski definition) is 1. The predicted octanol–water partition coefficient (Wildman–Crippen LogP) is 5.13. The molecule has 7 rings (SSSR count). The van der Waals surface area contributed by atoms with E-state index in [9.17, 15) is 0 Å². The lowest BCUT2D eigenvalue weighted by atomic mass is 9.79. The molecule has 36 heavy (non-hydrogen) atoms. The van der Waals surface area contributed by atoms with Gasteiger partial charge in [0.05, 0.1) is 11.7 Å². The minimum absolute atomic E-state index is 0.494. The van der Waals surface area contributed by atoms with E-state index in [4.69, 9.17) is 9.97 Å². The number of rotatable bonds is 5. The molecule has 5 aromatic heterocycles. The van der Waals surface area contributed by atoms with Crippen LogP contribution >= 0.6 is 0 Å². The molecule has 0 unspecified atom stereocenters. The van der Waals surface area contributed by atoms with Crippen LogP contribution in [0.2, 0.25) is 0 Å². The molecule has 6 heterocycles. The molecule has 2 fully saturated rings. The van der Waals surface area contributed by atoms with E-state index in [2.05, 4.69) is 30.3 Å². The van der Waals surface area contributed by atoms with Crippen molar-refractivity contribution < 1.29 is 0 Å². The summed E-state index contributed by atoms with van der Waals surface area (Å²) in [6, 6.07) is 9.68. The van der Waals surface area contributed by atoms with Crippen molar-refractivity contribution in [1.29, 1.82) is 0 Å². The summed E-state index contributed by atoms with van der Waals surface area (Å²) in [5.74, 6) is 3.44. The maximum atomic E-state index is 5.18. The molecule has 180 valence electrons. The highest BCUT2D eigenvalue weighted by atomic mass is 15.3. The second-order valence-corrected chi connectivity index (χ2v) is 9.66. The third-order valence-electron chi connectivity index (χ3n) is 7.32. The standard InChI is InChI=1S/C27H27N9/c1-3-12-35(13-4-1)26-24-20(18-7-6-8-18)16-28-17-21(24)30-25(33-26)19-10-11-29-22(15-19)31-27-32-23-9-2-5-14-36(23)34-27/h2,5,9-11,14-18H,1,3-4,6-8,12-13H2,(H,29,31,34). The monoisotopic (exact) mass is 477 g/mol. The number of piperidine rings is 1. The second-order valence-electron chi connectivity index (χ2n) is 9.66. The summed E-state index contributed by atoms with van der Waals surface area (Å²) in [6.07, 6.45) is 15.0. The van der Waals surface area contributed by atoms with Gasteiger partial charge in [-0.2, -0.15) is 4.98 Å². The molecule has 9 nitrogen and oxygen atoms in total. The molecular weight excluding hydrogens is 450 g/mol. The smallest absolute Gasteiger partial charge is 0.248 e. The van der Waals surface area contributed by atoms with Gasteiger partial charge in [0.2, 0.25) is 5.95 Å². The van der Waals surface area contributed by atoms with E-state index in [-0.39, 0.29) is 0 Å². The van der Waals surface area contributed by atoms with Gasteiger partial charge < -0.3 is 10.2 Å². The Labute approximate surface area is 208 Å². The van der Waals surface area contributed by atoms with Crippen LogP contribution in [0.5, 0.6) is 0 Å². The third kappa shape index (κ3) is 3.80. The van der Waals surface area contributed by atoms with E-state index in [1.165, 1.54) is 49.5 Å². The molecule has 0 radical (unpaired) electrons. The fourth-order valence-electron chi connectivity index (χ4n) is 5.22. The molecule has 0 spiro atoms. The van der Waals surface area contributed by atoms with Crippen LogP contribution in [-0.4, -0.2) is 47.6 Å². The van der Waals surface area contributed by atoms with E-state index in [1.54, 1.807) is 10.7 Å². The normalized spacial score (nSPS) is 16.4. The van der Waals surface area contributed by atoms with Crippen LogP contribution in [0.25, 0.3) is 27.9 Å². The summed E-state index contributed by atoms with van der Waals surface area (Å²) in [4.78, 5) is 26.2. The van der Waals surface area contributed by atoms with Crippen LogP contribution < -0.4 is 10.2 Å². The predicted molar refractivity (Wildman–Crippen MR) is 139 cm³/mol. The van der Waals surface area contributed by atoms with Crippen LogP contribution in [-0.2, 0) is 0 Å². The maximum Gasteiger partial charge on any atom is 0.248 e.